The standard InChI is InChI=1S/C14H14ClN3O3/c1-8-4-9(15)2-3-11(8)13(19)18-12(14(20)21)5-10-6-16-7-17-10/h2-4,6-7,12H,5H2,1H3,(H,16,17)(H,18,19)(H,20,21). The second kappa shape index (κ2) is 6.41. The third-order valence-corrected chi connectivity index (χ3v) is 3.25. The second-order valence-corrected chi connectivity index (χ2v) is 5.04. The van der Waals surface area contributed by atoms with Crippen molar-refractivity contribution in [2.45, 2.75) is 19.4 Å². The number of aryl methyl sites for hydroxylation is 1. The van der Waals surface area contributed by atoms with Gasteiger partial charge in [-0.3, -0.25) is 4.79 Å². The number of aliphatic carboxylic acids is 1. The molecule has 2 aromatic rings. The van der Waals surface area contributed by atoms with E-state index in [9.17, 15) is 14.7 Å². The predicted octanol–water partition coefficient (Wildman–Crippen LogP) is 1.80. The Morgan fingerprint density at radius 1 is 1.48 bits per heavy atom. The van der Waals surface area contributed by atoms with Gasteiger partial charge < -0.3 is 15.4 Å². The zero-order valence-corrected chi connectivity index (χ0v) is 12.0. The van der Waals surface area contributed by atoms with Crippen molar-refractivity contribution in [3.05, 3.63) is 52.6 Å². The molecule has 0 aliphatic carbocycles. The van der Waals surface area contributed by atoms with Gasteiger partial charge in [-0.25, -0.2) is 9.78 Å². The monoisotopic (exact) mass is 307 g/mol. The minimum atomic E-state index is -1.11. The summed E-state index contributed by atoms with van der Waals surface area (Å²) < 4.78 is 0. The van der Waals surface area contributed by atoms with Crippen molar-refractivity contribution in [1.82, 2.24) is 15.3 Å². The molecule has 1 amide bonds. The van der Waals surface area contributed by atoms with Crippen molar-refractivity contribution in [1.29, 1.82) is 0 Å². The third kappa shape index (κ3) is 3.82. The van der Waals surface area contributed by atoms with Gasteiger partial charge in [0.05, 0.1) is 6.33 Å². The summed E-state index contributed by atoms with van der Waals surface area (Å²) in [5.74, 6) is -1.55. The number of rotatable bonds is 5. The Hall–Kier alpha value is -2.34. The summed E-state index contributed by atoms with van der Waals surface area (Å²) in [6, 6.07) is 3.78. The highest BCUT2D eigenvalue weighted by Crippen LogP contribution is 2.15. The lowest BCUT2D eigenvalue weighted by Crippen LogP contribution is -2.42. The lowest BCUT2D eigenvalue weighted by molar-refractivity contribution is -0.139. The Morgan fingerprint density at radius 2 is 2.24 bits per heavy atom. The smallest absolute Gasteiger partial charge is 0.326 e. The van der Waals surface area contributed by atoms with Crippen molar-refractivity contribution in [2.24, 2.45) is 0 Å². The molecule has 0 spiro atoms. The number of aromatic amines is 1. The van der Waals surface area contributed by atoms with E-state index in [0.29, 0.717) is 21.8 Å². The number of carboxylic acids is 1. The molecule has 0 aliphatic rings. The lowest BCUT2D eigenvalue weighted by Gasteiger charge is -2.14. The maximum atomic E-state index is 12.2. The van der Waals surface area contributed by atoms with Gasteiger partial charge in [0.25, 0.3) is 5.91 Å². The number of amides is 1. The highest BCUT2D eigenvalue weighted by Gasteiger charge is 2.22. The van der Waals surface area contributed by atoms with Crippen LogP contribution >= 0.6 is 11.6 Å². The summed E-state index contributed by atoms with van der Waals surface area (Å²) in [5.41, 5.74) is 1.72. The molecule has 0 saturated heterocycles. The maximum absolute atomic E-state index is 12.2. The van der Waals surface area contributed by atoms with Crippen LogP contribution in [-0.2, 0) is 11.2 Å². The molecule has 6 nitrogen and oxygen atoms in total. The average molecular weight is 308 g/mol. The number of halogens is 1. The summed E-state index contributed by atoms with van der Waals surface area (Å²) in [4.78, 5) is 30.1. The molecule has 21 heavy (non-hydrogen) atoms. The number of H-pyrrole nitrogens is 1. The number of carbonyl (C=O) groups excluding carboxylic acids is 1. The zero-order chi connectivity index (χ0) is 15.4. The zero-order valence-electron chi connectivity index (χ0n) is 11.3. The maximum Gasteiger partial charge on any atom is 0.326 e. The number of nitrogens with one attached hydrogen (secondary N) is 2. The van der Waals surface area contributed by atoms with Gasteiger partial charge in [-0.2, -0.15) is 0 Å². The fraction of sp³-hybridized carbons (Fsp3) is 0.214. The first-order valence-corrected chi connectivity index (χ1v) is 6.62. The summed E-state index contributed by atoms with van der Waals surface area (Å²) in [6.45, 7) is 1.74. The van der Waals surface area contributed by atoms with Gasteiger partial charge in [-0.15, -0.1) is 0 Å². The van der Waals surface area contributed by atoms with Crippen LogP contribution in [0.15, 0.2) is 30.7 Å². The lowest BCUT2D eigenvalue weighted by atomic mass is 10.1. The first-order chi connectivity index (χ1) is 9.97. The van der Waals surface area contributed by atoms with E-state index in [1.165, 1.54) is 12.5 Å². The fourth-order valence-electron chi connectivity index (χ4n) is 1.93. The van der Waals surface area contributed by atoms with Gasteiger partial charge in [0.2, 0.25) is 0 Å². The number of carbonyl (C=O) groups is 2. The minimum Gasteiger partial charge on any atom is -0.480 e. The summed E-state index contributed by atoms with van der Waals surface area (Å²) in [7, 11) is 0. The van der Waals surface area contributed by atoms with Crippen LogP contribution in [0.3, 0.4) is 0 Å². The van der Waals surface area contributed by atoms with Gasteiger partial charge in [0.15, 0.2) is 0 Å². The quantitative estimate of drug-likeness (QED) is 0.785. The normalized spacial score (nSPS) is 11.9. The molecular formula is C14H14ClN3O3. The number of nitrogens with zero attached hydrogens (tertiary/aromatic N) is 1. The van der Waals surface area contributed by atoms with E-state index in [1.54, 1.807) is 25.1 Å². The third-order valence-electron chi connectivity index (χ3n) is 3.02. The Kier molecular flexibility index (Phi) is 4.59. The summed E-state index contributed by atoms with van der Waals surface area (Å²) in [6.07, 6.45) is 3.11. The van der Waals surface area contributed by atoms with E-state index in [1.807, 2.05) is 0 Å². The van der Waals surface area contributed by atoms with Crippen molar-refractivity contribution < 1.29 is 14.7 Å². The molecular weight excluding hydrogens is 294 g/mol. The minimum absolute atomic E-state index is 0.133. The molecule has 1 heterocycles. The Balaban J connectivity index is 2.12. The van der Waals surface area contributed by atoms with E-state index in [0.717, 1.165) is 0 Å². The molecule has 1 atom stereocenters. The SMILES string of the molecule is Cc1cc(Cl)ccc1C(=O)NC(Cc1cnc[nH]1)C(=O)O. The number of aromatic nitrogens is 2. The molecule has 3 N–H and O–H groups in total. The van der Waals surface area contributed by atoms with Crippen molar-refractivity contribution in [3.63, 3.8) is 0 Å². The average Bonchev–Trinajstić information content (AvgIpc) is 2.90. The van der Waals surface area contributed by atoms with Gasteiger partial charge in [-0.1, -0.05) is 11.6 Å². The number of benzene rings is 1. The van der Waals surface area contributed by atoms with Gasteiger partial charge >= 0.3 is 5.97 Å². The van der Waals surface area contributed by atoms with Crippen LogP contribution in [0.2, 0.25) is 5.02 Å². The Bertz CT molecular complexity index is 655. The molecule has 0 saturated carbocycles. The molecule has 0 fully saturated rings. The van der Waals surface area contributed by atoms with Crippen LogP contribution in [0.5, 0.6) is 0 Å². The molecule has 1 aromatic heterocycles. The van der Waals surface area contributed by atoms with Crippen molar-refractivity contribution in [3.8, 4) is 0 Å². The first kappa shape index (κ1) is 15.1. The predicted molar refractivity (Wildman–Crippen MR) is 77.4 cm³/mol. The van der Waals surface area contributed by atoms with Crippen LogP contribution in [0.25, 0.3) is 0 Å². The molecule has 1 unspecified atom stereocenters. The van der Waals surface area contributed by atoms with E-state index < -0.39 is 17.9 Å². The van der Waals surface area contributed by atoms with Gasteiger partial charge in [-0.05, 0) is 30.7 Å². The van der Waals surface area contributed by atoms with Crippen molar-refractivity contribution in [2.75, 3.05) is 0 Å². The number of hydrogen-bond donors (Lipinski definition) is 3. The van der Waals surface area contributed by atoms with E-state index in [2.05, 4.69) is 15.3 Å². The van der Waals surface area contributed by atoms with Crippen LogP contribution < -0.4 is 5.32 Å². The van der Waals surface area contributed by atoms with E-state index in [-0.39, 0.29) is 6.42 Å². The fourth-order valence-corrected chi connectivity index (χ4v) is 2.16. The largest absolute Gasteiger partial charge is 0.480 e. The number of carboxylic acid groups (broad SMARTS) is 1. The Labute approximate surface area is 126 Å². The van der Waals surface area contributed by atoms with Crippen LogP contribution in [0, 0.1) is 6.92 Å². The molecule has 0 radical (unpaired) electrons. The van der Waals surface area contributed by atoms with Crippen LogP contribution in [-0.4, -0.2) is 33.0 Å². The van der Waals surface area contributed by atoms with Gasteiger partial charge in [0.1, 0.15) is 6.04 Å². The molecule has 0 bridgehead atoms. The first-order valence-electron chi connectivity index (χ1n) is 6.24. The molecule has 0 aliphatic heterocycles. The van der Waals surface area contributed by atoms with Crippen molar-refractivity contribution >= 4 is 23.5 Å². The second-order valence-electron chi connectivity index (χ2n) is 4.60. The summed E-state index contributed by atoms with van der Waals surface area (Å²) in [5, 5.41) is 12.2. The number of hydrogen-bond acceptors (Lipinski definition) is 3. The van der Waals surface area contributed by atoms with Gasteiger partial charge in [0, 0.05) is 28.9 Å². The Morgan fingerprint density at radius 3 is 2.81 bits per heavy atom. The van der Waals surface area contributed by atoms with Crippen LogP contribution in [0.4, 0.5) is 0 Å². The molecule has 110 valence electrons. The molecule has 7 heteroatoms. The van der Waals surface area contributed by atoms with E-state index >= 15 is 0 Å². The summed E-state index contributed by atoms with van der Waals surface area (Å²) >= 11 is 5.84. The molecule has 2 rings (SSSR count). The highest BCUT2D eigenvalue weighted by molar-refractivity contribution is 6.30. The molecule has 1 aromatic carbocycles. The van der Waals surface area contributed by atoms with E-state index in [4.69, 9.17) is 11.6 Å². The highest BCUT2D eigenvalue weighted by atomic mass is 35.5. The van der Waals surface area contributed by atoms with Crippen LogP contribution in [0.1, 0.15) is 21.6 Å². The number of imidazole rings is 1. The topological polar surface area (TPSA) is 95.1 Å².